The molecule has 3 aromatic carbocycles. The number of nitrogens with zero attached hydrogens (tertiary/aromatic N) is 7. The van der Waals surface area contributed by atoms with Gasteiger partial charge in [-0.3, -0.25) is 39.3 Å². The van der Waals surface area contributed by atoms with E-state index in [1.165, 1.54) is 57.2 Å². The van der Waals surface area contributed by atoms with Crippen molar-refractivity contribution in [3.63, 3.8) is 0 Å². The smallest absolute Gasteiger partial charge is 0.459 e. The number of alkyl carbamates (subject to hydrolysis) is 2. The number of anilines is 1. The Morgan fingerprint density at radius 2 is 1.31 bits per heavy atom. The van der Waals surface area contributed by atoms with Crippen LogP contribution in [-0.2, 0) is 67.5 Å². The van der Waals surface area contributed by atoms with E-state index in [0.717, 1.165) is 52.4 Å². The fourth-order valence-electron chi connectivity index (χ4n) is 13.2. The van der Waals surface area contributed by atoms with Crippen LogP contribution in [0.3, 0.4) is 0 Å². The second-order valence-corrected chi connectivity index (χ2v) is 29.7. The first-order valence-corrected chi connectivity index (χ1v) is 35.9. The number of carbonyl (C=O) groups is 6. The van der Waals surface area contributed by atoms with E-state index >= 15 is 44.7 Å². The topological polar surface area (TPSA) is 320 Å². The van der Waals surface area contributed by atoms with Gasteiger partial charge in [-0.2, -0.15) is 40.2 Å². The number of phosphoric acid groups is 1. The summed E-state index contributed by atoms with van der Waals surface area (Å²) in [6, 6.07) is 3.86. The highest BCUT2D eigenvalue weighted by Gasteiger charge is 2.58. The summed E-state index contributed by atoms with van der Waals surface area (Å²) >= 11 is 0. The van der Waals surface area contributed by atoms with Gasteiger partial charge in [0, 0.05) is 84.0 Å². The van der Waals surface area contributed by atoms with Gasteiger partial charge in [0.1, 0.15) is 35.6 Å². The molecule has 37 heteroatoms. The van der Waals surface area contributed by atoms with Gasteiger partial charge >= 0.3 is 44.9 Å². The van der Waals surface area contributed by atoms with Crippen LogP contribution >= 0.6 is 7.82 Å². The number of esters is 1. The number of alkyl halides is 8. The number of fused-ring (bicyclic) bond motifs is 2. The molecule has 3 fully saturated rings. The normalized spacial score (nSPS) is 17.0. The number of hydrogen-bond donors (Lipinski definition) is 7. The van der Waals surface area contributed by atoms with E-state index in [0.29, 0.717) is 112 Å². The standard InChI is InChI=1S/C71H87F10N12O14P/c1-12-45(13-2)84-56(94)29-44-24-39(3)25-54(107-108(100,101)102)58(44)67(4,5)30-57(95)106-55(36-91(89-62(97)60(87-66(99)104-11)69(8,9)71(79,80)81)35-49-50(72)27-43(28-51(49)73)52-22-23-92(88-52)63(74)75)53(85-61(96)59(86-65(98)103-10)68(6,7)70(76,77)78)26-41-17-14-40(15-18-41)16-19-42-31-82-64(83-32-42)90-33-46-20-21-47(34-90)93(46)48-37-105-38-48/h14-15,17-18,22-25,27-28,31-32,45-48,53,55,59-60,63H,12-13,20-21,26,29-30,33-38H2,1-11H3,(H,84,94)(H,85,96)(H,86,98)(H,87,99)(H,89,97)(H2,100,101,102)/t46?,47?,53-,55-,59+,60+/m0/s1. The number of hydrogen-bond acceptors (Lipinski definition) is 18. The Kier molecular flexibility index (Phi) is 27.1. The third-order valence-corrected chi connectivity index (χ3v) is 19.9. The van der Waals surface area contributed by atoms with Crippen LogP contribution in [0.15, 0.2) is 73.2 Å². The SMILES string of the molecule is CCC(CC)NC(=O)Cc1cc(C)cc(OP(=O)(O)O)c1C(C)(C)CC(=O)O[C@@H](CN(Cc1c(F)cc(-c2ccn(C(F)F)n2)cc1F)NC(=O)[C@@H](NC(=O)OC)C(C)(C)C(F)(F)F)[C@H](Cc1ccc(C#Cc2cnc(N3CC4CCC(C3)N4C3COC3)nc2)cc1)NC(=O)[C@@H](NC(=O)OC)C(C)(C)C(F)(F)F. The molecule has 8 rings (SSSR count). The highest BCUT2D eigenvalue weighted by atomic mass is 31.2. The summed E-state index contributed by atoms with van der Waals surface area (Å²) in [6.45, 7) is 6.84. The number of aryl methyl sites for hydroxylation is 1. The number of carbonyl (C=O) groups excluding carboxylic acids is 6. The van der Waals surface area contributed by atoms with Crippen LogP contribution in [0.25, 0.3) is 11.3 Å². The molecule has 3 aliphatic rings. The van der Waals surface area contributed by atoms with Crippen molar-refractivity contribution in [2.24, 2.45) is 10.8 Å². The van der Waals surface area contributed by atoms with Crippen LogP contribution in [0.2, 0.25) is 0 Å². The summed E-state index contributed by atoms with van der Waals surface area (Å²) in [6.07, 6.45) is -11.4. The van der Waals surface area contributed by atoms with Gasteiger partial charge in [-0.05, 0) is 120 Å². The number of hydrazine groups is 1. The maximum Gasteiger partial charge on any atom is 0.524 e. The quantitative estimate of drug-likeness (QED) is 0.00562. The van der Waals surface area contributed by atoms with Gasteiger partial charge in [-0.1, -0.05) is 57.7 Å². The molecular weight excluding hydrogens is 1470 g/mol. The monoisotopic (exact) mass is 1550 g/mol. The van der Waals surface area contributed by atoms with Gasteiger partial charge in [0.25, 0.3) is 5.91 Å². The fraction of sp³-hybridized carbons (Fsp3) is 0.535. The molecule has 5 amide bonds. The van der Waals surface area contributed by atoms with E-state index in [4.69, 9.17) is 14.0 Å². The highest BCUT2D eigenvalue weighted by molar-refractivity contribution is 7.46. The lowest BCUT2D eigenvalue weighted by atomic mass is 9.77. The third-order valence-electron chi connectivity index (χ3n) is 19.4. The molecule has 5 aromatic rings. The van der Waals surface area contributed by atoms with Gasteiger partial charge in [0.05, 0.1) is 81.0 Å². The lowest BCUT2D eigenvalue weighted by Gasteiger charge is -2.47. The van der Waals surface area contributed by atoms with Crippen LogP contribution in [0.5, 0.6) is 5.75 Å². The number of halogens is 10. The largest absolute Gasteiger partial charge is 0.524 e. The molecule has 2 aromatic heterocycles. The zero-order valence-corrected chi connectivity index (χ0v) is 61.9. The van der Waals surface area contributed by atoms with E-state index in [1.807, 2.05) is 19.2 Å². The fourth-order valence-corrected chi connectivity index (χ4v) is 13.6. The first kappa shape index (κ1) is 84.5. The summed E-state index contributed by atoms with van der Waals surface area (Å²) < 4.78 is 191. The van der Waals surface area contributed by atoms with E-state index < -0.39 is 170 Å². The molecule has 3 saturated heterocycles. The number of piperazine rings is 1. The van der Waals surface area contributed by atoms with Crippen molar-refractivity contribution in [1.29, 1.82) is 0 Å². The molecule has 5 heterocycles. The van der Waals surface area contributed by atoms with Gasteiger partial charge < -0.3 is 49.6 Å². The minimum Gasteiger partial charge on any atom is -0.459 e. The number of benzene rings is 3. The van der Waals surface area contributed by atoms with Crippen molar-refractivity contribution >= 4 is 49.6 Å². The van der Waals surface area contributed by atoms with Crippen molar-refractivity contribution in [2.45, 2.75) is 187 Å². The molecule has 590 valence electrons. The Morgan fingerprint density at radius 1 is 0.750 bits per heavy atom. The predicted molar refractivity (Wildman–Crippen MR) is 369 cm³/mol. The molecule has 108 heavy (non-hydrogen) atoms. The van der Waals surface area contributed by atoms with Crippen molar-refractivity contribution in [1.82, 2.24) is 56.4 Å². The van der Waals surface area contributed by atoms with E-state index in [-0.39, 0.29) is 27.4 Å². The van der Waals surface area contributed by atoms with Gasteiger partial charge in [-0.15, -0.1) is 0 Å². The number of methoxy groups -OCH3 is 2. The van der Waals surface area contributed by atoms with Gasteiger partial charge in [0.2, 0.25) is 17.8 Å². The lowest BCUT2D eigenvalue weighted by molar-refractivity contribution is -0.221. The lowest BCUT2D eigenvalue weighted by Crippen LogP contribution is -2.64. The average molecular weight is 1550 g/mol. The number of nitrogens with one attached hydrogen (secondary N) is 5. The minimum absolute atomic E-state index is 0.0620. The zero-order valence-electron chi connectivity index (χ0n) is 61.0. The Morgan fingerprint density at radius 3 is 1.81 bits per heavy atom. The second kappa shape index (κ2) is 34.6. The number of amides is 5. The molecule has 2 bridgehead atoms. The average Bonchev–Trinajstić information content (AvgIpc) is 1.41. The number of ether oxygens (including phenoxy) is 4. The summed E-state index contributed by atoms with van der Waals surface area (Å²) in [5.41, 5.74) is -7.09. The number of rotatable bonds is 30. The zero-order chi connectivity index (χ0) is 79.8. The maximum absolute atomic E-state index is 16.9. The van der Waals surface area contributed by atoms with E-state index in [9.17, 15) is 42.3 Å². The highest BCUT2D eigenvalue weighted by Crippen LogP contribution is 2.47. The third kappa shape index (κ3) is 21.0. The Labute approximate surface area is 616 Å². The first-order chi connectivity index (χ1) is 50.4. The van der Waals surface area contributed by atoms with Crippen LogP contribution < -0.4 is 36.1 Å². The molecule has 0 saturated carbocycles. The van der Waals surface area contributed by atoms with Crippen LogP contribution in [0.4, 0.5) is 59.4 Å². The van der Waals surface area contributed by atoms with Gasteiger partial charge in [0.15, 0.2) is 0 Å². The van der Waals surface area contributed by atoms with E-state index in [1.54, 1.807) is 17.7 Å². The van der Waals surface area contributed by atoms with Crippen molar-refractivity contribution in [3.8, 4) is 28.8 Å². The molecule has 6 atom stereocenters. The van der Waals surface area contributed by atoms with Crippen molar-refractivity contribution in [2.75, 3.05) is 52.0 Å². The molecule has 0 aliphatic carbocycles. The summed E-state index contributed by atoms with van der Waals surface area (Å²) in [7, 11) is -3.99. The molecule has 3 aliphatic heterocycles. The number of aromatic nitrogens is 4. The molecular formula is C71H87F10N12O14P. The van der Waals surface area contributed by atoms with E-state index in [2.05, 4.69) is 62.2 Å². The Balaban J connectivity index is 1.27. The van der Waals surface area contributed by atoms with Crippen LogP contribution in [0, 0.1) is 41.2 Å². The Hall–Kier alpha value is -9.14. The summed E-state index contributed by atoms with van der Waals surface area (Å²) in [5.74, 6) is -2.63. The minimum atomic E-state index is -5.50. The van der Waals surface area contributed by atoms with Crippen molar-refractivity contribution in [3.05, 3.63) is 124 Å². The second-order valence-electron chi connectivity index (χ2n) is 28.5. The molecule has 0 spiro atoms. The molecule has 7 N–H and O–H groups in total. The Bertz CT molecular complexity index is 4130. The molecule has 2 unspecified atom stereocenters. The van der Waals surface area contributed by atoms with Crippen LogP contribution in [-0.4, -0.2) is 183 Å². The summed E-state index contributed by atoms with van der Waals surface area (Å²) in [4.78, 5) is 119. The number of phosphoric ester groups is 1. The molecule has 0 radical (unpaired) electrons. The first-order valence-electron chi connectivity index (χ1n) is 34.4. The van der Waals surface area contributed by atoms with Crippen LogP contribution in [0.1, 0.15) is 133 Å². The summed E-state index contributed by atoms with van der Waals surface area (Å²) in [5, 5.41) is 13.0. The maximum atomic E-state index is 16.9. The van der Waals surface area contributed by atoms with Gasteiger partial charge in [-0.25, -0.2) is 42.6 Å². The van der Waals surface area contributed by atoms with Crippen molar-refractivity contribution < 1.29 is 110 Å². The predicted octanol–water partition coefficient (Wildman–Crippen LogP) is 9.56. The molecule has 26 nitrogen and oxygen atoms in total.